The molecule has 1 heterocycles. The summed E-state index contributed by atoms with van der Waals surface area (Å²) in [6.07, 6.45) is 1.18. The average molecular weight is 234 g/mol. The van der Waals surface area contributed by atoms with Gasteiger partial charge in [-0.25, -0.2) is 0 Å². The van der Waals surface area contributed by atoms with Gasteiger partial charge in [-0.05, 0) is 12.1 Å². The maximum absolute atomic E-state index is 11.0. The summed E-state index contributed by atoms with van der Waals surface area (Å²) in [5.41, 5.74) is 1.09. The van der Waals surface area contributed by atoms with Crippen molar-refractivity contribution in [2.45, 2.75) is 0 Å². The van der Waals surface area contributed by atoms with Crippen molar-refractivity contribution in [3.8, 4) is 11.4 Å². The lowest BCUT2D eigenvalue weighted by molar-refractivity contribution is -0.384. The number of rotatable bonds is 3. The highest BCUT2D eigenvalue weighted by molar-refractivity contribution is 5.70. The zero-order valence-corrected chi connectivity index (χ0v) is 9.32. The number of hydrogen-bond donors (Lipinski definition) is 0. The largest absolute Gasteiger partial charge is 0.372 e. The van der Waals surface area contributed by atoms with Crippen LogP contribution in [0.1, 0.15) is 0 Å². The summed E-state index contributed by atoms with van der Waals surface area (Å²) in [4.78, 5) is 16.1. The fourth-order valence-electron chi connectivity index (χ4n) is 1.48. The SMILES string of the molecule is CN(C)c1ccc(-c2ncon2)cc1[N+](=O)[O-]. The molecule has 0 saturated carbocycles. The van der Waals surface area contributed by atoms with Crippen LogP contribution in [-0.4, -0.2) is 29.2 Å². The Bertz CT molecular complexity index is 536. The van der Waals surface area contributed by atoms with E-state index >= 15 is 0 Å². The van der Waals surface area contributed by atoms with Crippen molar-refractivity contribution in [2.75, 3.05) is 19.0 Å². The van der Waals surface area contributed by atoms with Gasteiger partial charge in [-0.2, -0.15) is 4.98 Å². The molecular weight excluding hydrogens is 224 g/mol. The average Bonchev–Trinajstić information content (AvgIpc) is 2.81. The third-order valence-corrected chi connectivity index (χ3v) is 2.27. The molecular formula is C10H10N4O3. The summed E-state index contributed by atoms with van der Waals surface area (Å²) >= 11 is 0. The molecule has 0 fully saturated rings. The number of nitrogens with zero attached hydrogens (tertiary/aromatic N) is 4. The van der Waals surface area contributed by atoms with Crippen LogP contribution in [0.25, 0.3) is 11.4 Å². The van der Waals surface area contributed by atoms with Crippen molar-refractivity contribution in [3.63, 3.8) is 0 Å². The van der Waals surface area contributed by atoms with Gasteiger partial charge in [0.15, 0.2) is 0 Å². The maximum Gasteiger partial charge on any atom is 0.293 e. The quantitative estimate of drug-likeness (QED) is 0.593. The summed E-state index contributed by atoms with van der Waals surface area (Å²) in [7, 11) is 3.49. The fourth-order valence-corrected chi connectivity index (χ4v) is 1.48. The summed E-state index contributed by atoms with van der Waals surface area (Å²) in [5, 5.41) is 14.6. The molecule has 2 aromatic rings. The molecule has 0 radical (unpaired) electrons. The molecule has 7 nitrogen and oxygen atoms in total. The number of aromatic nitrogens is 2. The van der Waals surface area contributed by atoms with Gasteiger partial charge in [0.05, 0.1) is 4.92 Å². The second-order valence-corrected chi connectivity index (χ2v) is 3.61. The molecule has 0 aliphatic heterocycles. The van der Waals surface area contributed by atoms with Gasteiger partial charge in [0.1, 0.15) is 5.69 Å². The van der Waals surface area contributed by atoms with Crippen molar-refractivity contribution in [1.29, 1.82) is 0 Å². The highest BCUT2D eigenvalue weighted by Gasteiger charge is 2.17. The van der Waals surface area contributed by atoms with Crippen LogP contribution in [0.3, 0.4) is 0 Å². The predicted octanol–water partition coefficient (Wildman–Crippen LogP) is 1.71. The lowest BCUT2D eigenvalue weighted by Gasteiger charge is -2.12. The first-order chi connectivity index (χ1) is 8.09. The van der Waals surface area contributed by atoms with Crippen LogP contribution in [0.5, 0.6) is 0 Å². The Kier molecular flexibility index (Phi) is 2.73. The van der Waals surface area contributed by atoms with Crippen LogP contribution >= 0.6 is 0 Å². The van der Waals surface area contributed by atoms with Crippen LogP contribution in [0.15, 0.2) is 29.1 Å². The summed E-state index contributed by atoms with van der Waals surface area (Å²) in [6, 6.07) is 4.80. The third-order valence-electron chi connectivity index (χ3n) is 2.27. The number of benzene rings is 1. The van der Waals surface area contributed by atoms with E-state index in [4.69, 9.17) is 0 Å². The first kappa shape index (κ1) is 11.1. The Morgan fingerprint density at radius 1 is 1.41 bits per heavy atom. The summed E-state index contributed by atoms with van der Waals surface area (Å²) in [5.74, 6) is 0.332. The molecule has 0 aliphatic rings. The van der Waals surface area contributed by atoms with Gasteiger partial charge in [-0.15, -0.1) is 0 Å². The van der Waals surface area contributed by atoms with Gasteiger partial charge in [0.25, 0.3) is 5.69 Å². The van der Waals surface area contributed by atoms with Gasteiger partial charge in [0.2, 0.25) is 12.2 Å². The van der Waals surface area contributed by atoms with Crippen LogP contribution < -0.4 is 4.90 Å². The normalized spacial score (nSPS) is 10.2. The molecule has 0 amide bonds. The molecule has 17 heavy (non-hydrogen) atoms. The molecule has 0 atom stereocenters. The zero-order valence-electron chi connectivity index (χ0n) is 9.32. The first-order valence-corrected chi connectivity index (χ1v) is 4.82. The van der Waals surface area contributed by atoms with Gasteiger partial charge in [-0.1, -0.05) is 5.16 Å². The second kappa shape index (κ2) is 4.20. The lowest BCUT2D eigenvalue weighted by atomic mass is 10.1. The van der Waals surface area contributed by atoms with Crippen molar-refractivity contribution < 1.29 is 9.45 Å². The topological polar surface area (TPSA) is 85.3 Å². The van der Waals surface area contributed by atoms with E-state index < -0.39 is 4.92 Å². The van der Waals surface area contributed by atoms with Gasteiger partial charge in [-0.3, -0.25) is 10.1 Å². The number of hydrogen-bond acceptors (Lipinski definition) is 6. The van der Waals surface area contributed by atoms with Crippen molar-refractivity contribution in [2.24, 2.45) is 0 Å². The molecule has 0 N–H and O–H groups in total. The van der Waals surface area contributed by atoms with Crippen LogP contribution in [-0.2, 0) is 0 Å². The molecule has 0 aliphatic carbocycles. The standard InChI is InChI=1S/C10H10N4O3/c1-13(2)8-4-3-7(5-9(8)14(15)16)10-11-6-17-12-10/h3-6H,1-2H3. The molecule has 1 aromatic heterocycles. The van der Waals surface area contributed by atoms with Gasteiger partial charge in [0, 0.05) is 25.7 Å². The van der Waals surface area contributed by atoms with E-state index in [9.17, 15) is 10.1 Å². The smallest absolute Gasteiger partial charge is 0.293 e. The Morgan fingerprint density at radius 2 is 2.18 bits per heavy atom. The first-order valence-electron chi connectivity index (χ1n) is 4.82. The minimum Gasteiger partial charge on any atom is -0.372 e. The van der Waals surface area contributed by atoms with Crippen LogP contribution in [0, 0.1) is 10.1 Å². The molecule has 0 unspecified atom stereocenters. The van der Waals surface area contributed by atoms with Crippen molar-refractivity contribution >= 4 is 11.4 Å². The van der Waals surface area contributed by atoms with E-state index in [1.807, 2.05) is 0 Å². The molecule has 1 aromatic carbocycles. The van der Waals surface area contributed by atoms with E-state index in [0.29, 0.717) is 17.1 Å². The maximum atomic E-state index is 11.0. The molecule has 2 rings (SSSR count). The lowest BCUT2D eigenvalue weighted by Crippen LogP contribution is -2.11. The van der Waals surface area contributed by atoms with Crippen LogP contribution in [0.4, 0.5) is 11.4 Å². The molecule has 88 valence electrons. The number of nitro benzene ring substituents is 1. The summed E-state index contributed by atoms with van der Waals surface area (Å²) in [6.45, 7) is 0. The Hall–Kier alpha value is -2.44. The van der Waals surface area contributed by atoms with E-state index in [1.165, 1.54) is 12.5 Å². The molecule has 0 bridgehead atoms. The minimum absolute atomic E-state index is 0.0114. The van der Waals surface area contributed by atoms with E-state index in [-0.39, 0.29) is 5.69 Å². The van der Waals surface area contributed by atoms with Gasteiger partial charge < -0.3 is 9.42 Å². The molecule has 0 spiro atoms. The predicted molar refractivity (Wildman–Crippen MR) is 60.7 cm³/mol. The second-order valence-electron chi connectivity index (χ2n) is 3.61. The van der Waals surface area contributed by atoms with E-state index in [2.05, 4.69) is 14.7 Å². The highest BCUT2D eigenvalue weighted by atomic mass is 16.6. The molecule has 0 saturated heterocycles. The third kappa shape index (κ3) is 2.07. The van der Waals surface area contributed by atoms with Gasteiger partial charge >= 0.3 is 0 Å². The van der Waals surface area contributed by atoms with E-state index in [1.54, 1.807) is 31.1 Å². The Labute approximate surface area is 96.8 Å². The fraction of sp³-hybridized carbons (Fsp3) is 0.200. The van der Waals surface area contributed by atoms with Crippen molar-refractivity contribution in [1.82, 2.24) is 10.1 Å². The Balaban J connectivity index is 2.53. The summed E-state index contributed by atoms with van der Waals surface area (Å²) < 4.78 is 4.61. The van der Waals surface area contributed by atoms with Crippen molar-refractivity contribution in [3.05, 3.63) is 34.7 Å². The van der Waals surface area contributed by atoms with E-state index in [0.717, 1.165) is 0 Å². The highest BCUT2D eigenvalue weighted by Crippen LogP contribution is 2.30. The molecule has 7 heteroatoms. The number of nitro groups is 1. The zero-order chi connectivity index (χ0) is 12.4. The van der Waals surface area contributed by atoms with Crippen LogP contribution in [0.2, 0.25) is 0 Å². The number of anilines is 1. The minimum atomic E-state index is -0.432. The Morgan fingerprint density at radius 3 is 2.71 bits per heavy atom. The monoisotopic (exact) mass is 234 g/mol.